The van der Waals surface area contributed by atoms with E-state index in [1.807, 2.05) is 0 Å². The SMILES string of the molecule is CCCCCCCCC=CCCCCCCCCN[C@@H](C)C(=O)N[C@@H](C)C(=O)N1CCC[C@H]1C(=O)O. The molecule has 1 aliphatic rings. The van der Waals surface area contributed by atoms with Crippen LogP contribution in [-0.2, 0) is 14.4 Å². The number of carboxylic acid groups (broad SMARTS) is 1. The summed E-state index contributed by atoms with van der Waals surface area (Å²) in [7, 11) is 0. The summed E-state index contributed by atoms with van der Waals surface area (Å²) < 4.78 is 0. The van der Waals surface area contributed by atoms with E-state index in [1.54, 1.807) is 13.8 Å². The summed E-state index contributed by atoms with van der Waals surface area (Å²) in [4.78, 5) is 37.7. The molecule has 0 radical (unpaired) electrons. The number of nitrogens with one attached hydrogen (secondary N) is 2. The van der Waals surface area contributed by atoms with E-state index in [0.717, 1.165) is 19.4 Å². The fourth-order valence-electron chi connectivity index (χ4n) is 4.72. The molecule has 0 saturated carbocycles. The Morgan fingerprint density at radius 2 is 1.42 bits per heavy atom. The van der Waals surface area contributed by atoms with Gasteiger partial charge in [-0.2, -0.15) is 0 Å². The third-order valence-electron chi connectivity index (χ3n) is 7.08. The lowest BCUT2D eigenvalue weighted by atomic mass is 10.1. The second-order valence-corrected chi connectivity index (χ2v) is 10.4. The first-order valence-corrected chi connectivity index (χ1v) is 14.6. The van der Waals surface area contributed by atoms with Gasteiger partial charge >= 0.3 is 5.97 Å². The maximum Gasteiger partial charge on any atom is 0.326 e. The molecule has 3 N–H and O–H groups in total. The zero-order valence-corrected chi connectivity index (χ0v) is 23.2. The van der Waals surface area contributed by atoms with Crippen LogP contribution >= 0.6 is 0 Å². The zero-order valence-electron chi connectivity index (χ0n) is 23.2. The van der Waals surface area contributed by atoms with E-state index in [0.29, 0.717) is 19.4 Å². The van der Waals surface area contributed by atoms with Gasteiger partial charge in [0.15, 0.2) is 0 Å². The molecule has 208 valence electrons. The Hall–Kier alpha value is -1.89. The van der Waals surface area contributed by atoms with Gasteiger partial charge in [0.05, 0.1) is 6.04 Å². The molecule has 1 heterocycles. The van der Waals surface area contributed by atoms with Crippen LogP contribution < -0.4 is 10.6 Å². The molecule has 1 rings (SSSR count). The maximum atomic E-state index is 12.6. The Balaban J connectivity index is 2.00. The smallest absolute Gasteiger partial charge is 0.326 e. The van der Waals surface area contributed by atoms with Gasteiger partial charge in [-0.1, -0.05) is 76.9 Å². The van der Waals surface area contributed by atoms with E-state index >= 15 is 0 Å². The van der Waals surface area contributed by atoms with Crippen LogP contribution in [0.2, 0.25) is 0 Å². The van der Waals surface area contributed by atoms with Crippen molar-refractivity contribution in [1.82, 2.24) is 15.5 Å². The number of carbonyl (C=O) groups is 3. The molecule has 0 aromatic rings. The van der Waals surface area contributed by atoms with Gasteiger partial charge in [0.25, 0.3) is 0 Å². The number of nitrogens with zero attached hydrogens (tertiary/aromatic N) is 1. The van der Waals surface area contributed by atoms with Crippen LogP contribution in [0.1, 0.15) is 124 Å². The highest BCUT2D eigenvalue weighted by molar-refractivity contribution is 5.91. The molecule has 36 heavy (non-hydrogen) atoms. The molecule has 7 heteroatoms. The highest BCUT2D eigenvalue weighted by Crippen LogP contribution is 2.18. The molecule has 7 nitrogen and oxygen atoms in total. The van der Waals surface area contributed by atoms with Crippen LogP contribution in [0.15, 0.2) is 12.2 Å². The first-order chi connectivity index (χ1) is 17.4. The first kappa shape index (κ1) is 32.1. The van der Waals surface area contributed by atoms with Gasteiger partial charge < -0.3 is 20.6 Å². The van der Waals surface area contributed by atoms with E-state index in [9.17, 15) is 19.5 Å². The number of unbranched alkanes of at least 4 members (excludes halogenated alkanes) is 12. The number of hydrogen-bond donors (Lipinski definition) is 3. The predicted molar refractivity (Wildman–Crippen MR) is 147 cm³/mol. The number of likely N-dealkylation sites (tertiary alicyclic amines) is 1. The van der Waals surface area contributed by atoms with Crippen molar-refractivity contribution in [3.63, 3.8) is 0 Å². The van der Waals surface area contributed by atoms with Gasteiger partial charge in [-0.25, -0.2) is 4.79 Å². The fourth-order valence-corrected chi connectivity index (χ4v) is 4.72. The van der Waals surface area contributed by atoms with Gasteiger partial charge in [-0.05, 0) is 65.3 Å². The minimum atomic E-state index is -0.981. The largest absolute Gasteiger partial charge is 0.480 e. The lowest BCUT2D eigenvalue weighted by Crippen LogP contribution is -2.53. The standard InChI is InChI=1S/C29H53N3O4/c1-4-5-6-7-8-9-10-11-12-13-14-15-16-17-18-19-22-30-24(2)27(33)31-25(3)28(34)32-23-20-21-26(32)29(35)36/h11-12,24-26,30H,4-10,13-23H2,1-3H3,(H,31,33)(H,35,36)/t24-,25-,26-/m0/s1. The van der Waals surface area contributed by atoms with Crippen molar-refractivity contribution >= 4 is 17.8 Å². The molecule has 0 aromatic heterocycles. The van der Waals surface area contributed by atoms with Gasteiger partial charge in [0.1, 0.15) is 12.1 Å². The van der Waals surface area contributed by atoms with Crippen LogP contribution in [0.4, 0.5) is 0 Å². The number of amides is 2. The molecule has 0 aliphatic carbocycles. The first-order valence-electron chi connectivity index (χ1n) is 14.6. The highest BCUT2D eigenvalue weighted by atomic mass is 16.4. The number of rotatable bonds is 21. The number of carboxylic acids is 1. The number of aliphatic carboxylic acids is 1. The summed E-state index contributed by atoms with van der Waals surface area (Å²) in [5.41, 5.74) is 0. The molecular formula is C29H53N3O4. The molecular weight excluding hydrogens is 454 g/mol. The molecule has 0 spiro atoms. The topological polar surface area (TPSA) is 98.7 Å². The minimum absolute atomic E-state index is 0.230. The lowest BCUT2D eigenvalue weighted by molar-refractivity contribution is -0.149. The van der Waals surface area contributed by atoms with Gasteiger partial charge in [0, 0.05) is 6.54 Å². The van der Waals surface area contributed by atoms with Crippen LogP contribution in [-0.4, -0.2) is 59.0 Å². The van der Waals surface area contributed by atoms with Gasteiger partial charge in [-0.3, -0.25) is 9.59 Å². The van der Waals surface area contributed by atoms with Crippen molar-refractivity contribution in [2.45, 2.75) is 142 Å². The second-order valence-electron chi connectivity index (χ2n) is 10.4. The van der Waals surface area contributed by atoms with E-state index < -0.39 is 24.1 Å². The highest BCUT2D eigenvalue weighted by Gasteiger charge is 2.36. The summed E-state index contributed by atoms with van der Waals surface area (Å²) in [5, 5.41) is 15.2. The van der Waals surface area contributed by atoms with Crippen molar-refractivity contribution in [3.8, 4) is 0 Å². The fraction of sp³-hybridized carbons (Fsp3) is 0.828. The Kier molecular flexibility index (Phi) is 18.0. The number of allylic oxidation sites excluding steroid dienone is 2. The van der Waals surface area contributed by atoms with Gasteiger partial charge in [-0.15, -0.1) is 0 Å². The van der Waals surface area contributed by atoms with E-state index in [1.165, 1.54) is 81.9 Å². The number of hydrogen-bond acceptors (Lipinski definition) is 4. The average Bonchev–Trinajstić information content (AvgIpc) is 3.35. The summed E-state index contributed by atoms with van der Waals surface area (Å²) in [6.45, 7) is 6.87. The van der Waals surface area contributed by atoms with E-state index in [4.69, 9.17) is 0 Å². The average molecular weight is 508 g/mol. The Bertz CT molecular complexity index is 652. The Labute approximate surface area is 219 Å². The summed E-state index contributed by atoms with van der Waals surface area (Å²) in [5.74, 6) is -1.54. The molecule has 1 aliphatic heterocycles. The monoisotopic (exact) mass is 507 g/mol. The quantitative estimate of drug-likeness (QED) is 0.139. The van der Waals surface area contributed by atoms with E-state index in [-0.39, 0.29) is 11.8 Å². The minimum Gasteiger partial charge on any atom is -0.480 e. The lowest BCUT2D eigenvalue weighted by Gasteiger charge is -2.26. The third kappa shape index (κ3) is 14.0. The van der Waals surface area contributed by atoms with Gasteiger partial charge in [0.2, 0.25) is 11.8 Å². The summed E-state index contributed by atoms with van der Waals surface area (Å²) in [6.07, 6.45) is 23.7. The second kappa shape index (κ2) is 20.2. The van der Waals surface area contributed by atoms with E-state index in [2.05, 4.69) is 29.7 Å². The number of carbonyl (C=O) groups excluding carboxylic acids is 2. The molecule has 3 atom stereocenters. The van der Waals surface area contributed by atoms with Crippen molar-refractivity contribution in [3.05, 3.63) is 12.2 Å². The zero-order chi connectivity index (χ0) is 26.6. The van der Waals surface area contributed by atoms with Crippen LogP contribution in [0.5, 0.6) is 0 Å². The molecule has 1 saturated heterocycles. The third-order valence-corrected chi connectivity index (χ3v) is 7.08. The summed E-state index contributed by atoms with van der Waals surface area (Å²) in [6, 6.07) is -1.90. The summed E-state index contributed by atoms with van der Waals surface area (Å²) >= 11 is 0. The molecule has 2 amide bonds. The van der Waals surface area contributed by atoms with Crippen LogP contribution in [0.3, 0.4) is 0 Å². The molecule has 0 bridgehead atoms. The van der Waals surface area contributed by atoms with Crippen molar-refractivity contribution < 1.29 is 19.5 Å². The molecule has 1 fully saturated rings. The Morgan fingerprint density at radius 3 is 2.00 bits per heavy atom. The van der Waals surface area contributed by atoms with Crippen LogP contribution in [0.25, 0.3) is 0 Å². The van der Waals surface area contributed by atoms with Crippen molar-refractivity contribution in [2.24, 2.45) is 0 Å². The van der Waals surface area contributed by atoms with Crippen molar-refractivity contribution in [2.75, 3.05) is 13.1 Å². The Morgan fingerprint density at radius 1 is 0.861 bits per heavy atom. The normalized spacial score (nSPS) is 17.4. The van der Waals surface area contributed by atoms with Crippen LogP contribution in [0, 0.1) is 0 Å². The molecule has 0 unspecified atom stereocenters. The predicted octanol–water partition coefficient (Wildman–Crippen LogP) is 5.58. The molecule has 0 aromatic carbocycles. The van der Waals surface area contributed by atoms with Crippen molar-refractivity contribution in [1.29, 1.82) is 0 Å². The maximum absolute atomic E-state index is 12.6.